The van der Waals surface area contributed by atoms with E-state index >= 15 is 0 Å². The van der Waals surface area contributed by atoms with Crippen LogP contribution in [0.4, 0.5) is 0 Å². The first-order valence-electron chi connectivity index (χ1n) is 10.6. The molecule has 0 N–H and O–H groups in total. The van der Waals surface area contributed by atoms with Gasteiger partial charge in [0.15, 0.2) is 0 Å². The lowest BCUT2D eigenvalue weighted by Crippen LogP contribution is -2.42. The summed E-state index contributed by atoms with van der Waals surface area (Å²) < 4.78 is 0. The molecule has 3 nitrogen and oxygen atoms in total. The molecule has 1 fully saturated rings. The standard InChI is InChI=1S/C24H36N2O/c1-6-26(7-2)22(27)20-18-24(21-11-9-8-10-19(20)21)13-16-25(17-14-24)15-12-23(3,4)5/h8-11,18H,6-7,12-17H2,1-5H3. The van der Waals surface area contributed by atoms with Crippen LogP contribution >= 0.6 is 0 Å². The van der Waals surface area contributed by atoms with Gasteiger partial charge in [-0.3, -0.25) is 4.79 Å². The third-order valence-electron chi connectivity index (χ3n) is 6.38. The topological polar surface area (TPSA) is 23.6 Å². The van der Waals surface area contributed by atoms with Crippen molar-refractivity contribution in [2.75, 3.05) is 32.7 Å². The van der Waals surface area contributed by atoms with Crippen molar-refractivity contribution in [2.45, 2.75) is 59.3 Å². The van der Waals surface area contributed by atoms with Gasteiger partial charge in [-0.25, -0.2) is 0 Å². The number of likely N-dealkylation sites (N-methyl/N-ethyl adjacent to an activating group) is 1. The molecule has 1 saturated heterocycles. The van der Waals surface area contributed by atoms with Gasteiger partial charge in [0, 0.05) is 24.1 Å². The number of hydrogen-bond acceptors (Lipinski definition) is 2. The number of carbonyl (C=O) groups excluding carboxylic acids is 1. The van der Waals surface area contributed by atoms with E-state index in [2.05, 4.69) is 69.9 Å². The monoisotopic (exact) mass is 368 g/mol. The summed E-state index contributed by atoms with van der Waals surface area (Å²) in [7, 11) is 0. The first-order valence-corrected chi connectivity index (χ1v) is 10.6. The van der Waals surface area contributed by atoms with Gasteiger partial charge >= 0.3 is 0 Å². The van der Waals surface area contributed by atoms with Crippen LogP contribution in [0.1, 0.15) is 65.0 Å². The van der Waals surface area contributed by atoms with Crippen molar-refractivity contribution in [1.82, 2.24) is 9.80 Å². The molecule has 1 aromatic rings. The number of nitrogens with zero attached hydrogens (tertiary/aromatic N) is 2. The summed E-state index contributed by atoms with van der Waals surface area (Å²) in [4.78, 5) is 17.7. The highest BCUT2D eigenvalue weighted by molar-refractivity contribution is 6.21. The second kappa shape index (κ2) is 7.79. The van der Waals surface area contributed by atoms with E-state index < -0.39 is 0 Å². The molecule has 3 heteroatoms. The van der Waals surface area contributed by atoms with E-state index in [1.54, 1.807) is 0 Å². The fourth-order valence-corrected chi connectivity index (χ4v) is 4.52. The van der Waals surface area contributed by atoms with Gasteiger partial charge in [-0.05, 0) is 69.3 Å². The zero-order valence-corrected chi connectivity index (χ0v) is 17.8. The lowest BCUT2D eigenvalue weighted by Gasteiger charge is -2.40. The molecule has 148 valence electrons. The van der Waals surface area contributed by atoms with Crippen LogP contribution in [0.15, 0.2) is 30.3 Å². The Kier molecular flexibility index (Phi) is 5.81. The van der Waals surface area contributed by atoms with Crippen LogP contribution in [0.25, 0.3) is 5.57 Å². The minimum Gasteiger partial charge on any atom is -0.339 e. The smallest absolute Gasteiger partial charge is 0.254 e. The van der Waals surface area contributed by atoms with Crippen LogP contribution in [0.2, 0.25) is 0 Å². The summed E-state index contributed by atoms with van der Waals surface area (Å²) in [6.07, 6.45) is 5.78. The van der Waals surface area contributed by atoms with Gasteiger partial charge in [0.25, 0.3) is 5.91 Å². The molecule has 0 bridgehead atoms. The maximum Gasteiger partial charge on any atom is 0.254 e. The fourth-order valence-electron chi connectivity index (χ4n) is 4.52. The van der Waals surface area contributed by atoms with Gasteiger partial charge in [-0.15, -0.1) is 0 Å². The summed E-state index contributed by atoms with van der Waals surface area (Å²) in [5, 5.41) is 0. The molecule has 3 rings (SSSR count). The number of benzene rings is 1. The van der Waals surface area contributed by atoms with Gasteiger partial charge in [-0.1, -0.05) is 51.1 Å². The second-order valence-corrected chi connectivity index (χ2v) is 9.39. The Morgan fingerprint density at radius 1 is 1.11 bits per heavy atom. The highest BCUT2D eigenvalue weighted by Gasteiger charge is 2.42. The van der Waals surface area contributed by atoms with Crippen LogP contribution in [-0.4, -0.2) is 48.4 Å². The molecule has 0 atom stereocenters. The molecule has 1 aliphatic carbocycles. The predicted octanol–water partition coefficient (Wildman–Crippen LogP) is 4.72. The molecule has 0 aromatic heterocycles. The summed E-state index contributed by atoms with van der Waals surface area (Å²) >= 11 is 0. The average Bonchev–Trinajstić information content (AvgIpc) is 2.96. The van der Waals surface area contributed by atoms with E-state index in [0.29, 0.717) is 5.41 Å². The molecule has 27 heavy (non-hydrogen) atoms. The van der Waals surface area contributed by atoms with Gasteiger partial charge in [0.1, 0.15) is 0 Å². The molecular formula is C24H36N2O. The zero-order chi connectivity index (χ0) is 19.7. The van der Waals surface area contributed by atoms with Gasteiger partial charge in [-0.2, -0.15) is 0 Å². The molecule has 1 aromatic carbocycles. The Morgan fingerprint density at radius 2 is 1.74 bits per heavy atom. The Bertz CT molecular complexity index is 701. The van der Waals surface area contributed by atoms with Crippen molar-refractivity contribution in [3.05, 3.63) is 41.5 Å². The quantitative estimate of drug-likeness (QED) is 0.751. The largest absolute Gasteiger partial charge is 0.339 e. The Labute approximate surface area is 165 Å². The minimum absolute atomic E-state index is 0.0486. The van der Waals surface area contributed by atoms with E-state index in [9.17, 15) is 4.79 Å². The van der Waals surface area contributed by atoms with E-state index in [4.69, 9.17) is 0 Å². The lowest BCUT2D eigenvalue weighted by molar-refractivity contribution is -0.124. The maximum atomic E-state index is 13.1. The number of rotatable bonds is 5. The van der Waals surface area contributed by atoms with E-state index in [1.165, 1.54) is 18.5 Å². The predicted molar refractivity (Wildman–Crippen MR) is 114 cm³/mol. The van der Waals surface area contributed by atoms with Crippen LogP contribution in [-0.2, 0) is 10.2 Å². The molecule has 0 unspecified atom stereocenters. The zero-order valence-electron chi connectivity index (χ0n) is 17.8. The molecule has 1 heterocycles. The number of hydrogen-bond donors (Lipinski definition) is 0. The summed E-state index contributed by atoms with van der Waals surface area (Å²) in [5.74, 6) is 0.194. The molecular weight excluding hydrogens is 332 g/mol. The molecule has 1 aliphatic heterocycles. The van der Waals surface area contributed by atoms with Crippen molar-refractivity contribution in [3.8, 4) is 0 Å². The number of allylic oxidation sites excluding steroid dienone is 1. The third-order valence-corrected chi connectivity index (χ3v) is 6.38. The van der Waals surface area contributed by atoms with Gasteiger partial charge in [0.05, 0.1) is 0 Å². The van der Waals surface area contributed by atoms with E-state index in [0.717, 1.165) is 50.2 Å². The minimum atomic E-state index is 0.0486. The van der Waals surface area contributed by atoms with Crippen LogP contribution in [0.3, 0.4) is 0 Å². The molecule has 2 aliphatic rings. The number of fused-ring (bicyclic) bond motifs is 2. The first kappa shape index (κ1) is 20.1. The highest BCUT2D eigenvalue weighted by atomic mass is 16.2. The average molecular weight is 369 g/mol. The van der Waals surface area contributed by atoms with Crippen molar-refractivity contribution in [1.29, 1.82) is 0 Å². The third kappa shape index (κ3) is 4.13. The highest BCUT2D eigenvalue weighted by Crippen LogP contribution is 2.47. The first-order chi connectivity index (χ1) is 12.8. The van der Waals surface area contributed by atoms with Crippen LogP contribution in [0.5, 0.6) is 0 Å². The maximum absolute atomic E-state index is 13.1. The van der Waals surface area contributed by atoms with Crippen LogP contribution in [0, 0.1) is 5.41 Å². The normalized spacial score (nSPS) is 19.1. The van der Waals surface area contributed by atoms with Gasteiger partial charge in [0.2, 0.25) is 0 Å². The number of amides is 1. The fraction of sp³-hybridized carbons (Fsp3) is 0.625. The van der Waals surface area contributed by atoms with E-state index in [-0.39, 0.29) is 11.3 Å². The SMILES string of the molecule is CCN(CC)C(=O)C1=CC2(CCN(CCC(C)(C)C)CC2)c2ccccc21. The van der Waals surface area contributed by atoms with Crippen molar-refractivity contribution < 1.29 is 4.79 Å². The molecule has 1 spiro atoms. The summed E-state index contributed by atoms with van der Waals surface area (Å²) in [6, 6.07) is 8.59. The lowest BCUT2D eigenvalue weighted by atomic mass is 9.74. The van der Waals surface area contributed by atoms with Gasteiger partial charge < -0.3 is 9.80 Å². The van der Waals surface area contributed by atoms with Crippen molar-refractivity contribution >= 4 is 11.5 Å². The number of piperidine rings is 1. The number of likely N-dealkylation sites (tertiary alicyclic amines) is 1. The Morgan fingerprint density at radius 3 is 2.33 bits per heavy atom. The molecule has 0 saturated carbocycles. The molecule has 0 radical (unpaired) electrons. The molecule has 1 amide bonds. The summed E-state index contributed by atoms with van der Waals surface area (Å²) in [5.41, 5.74) is 3.90. The van der Waals surface area contributed by atoms with Crippen LogP contribution < -0.4 is 0 Å². The second-order valence-electron chi connectivity index (χ2n) is 9.39. The Hall–Kier alpha value is -1.61. The van der Waals surface area contributed by atoms with E-state index in [1.807, 2.05) is 4.90 Å². The Balaban J connectivity index is 1.81. The van der Waals surface area contributed by atoms with Crippen molar-refractivity contribution in [2.24, 2.45) is 5.41 Å². The van der Waals surface area contributed by atoms with Crippen molar-refractivity contribution in [3.63, 3.8) is 0 Å². The summed E-state index contributed by atoms with van der Waals surface area (Å²) in [6.45, 7) is 16.0. The number of carbonyl (C=O) groups is 1.